The van der Waals surface area contributed by atoms with Crippen LogP contribution in [0.15, 0.2) is 47.5 Å². The molecular weight excluding hydrogens is 258 g/mol. The van der Waals surface area contributed by atoms with E-state index in [1.54, 1.807) is 0 Å². The van der Waals surface area contributed by atoms with E-state index in [2.05, 4.69) is 61.0 Å². The van der Waals surface area contributed by atoms with E-state index in [4.69, 9.17) is 5.73 Å². The van der Waals surface area contributed by atoms with Crippen molar-refractivity contribution < 1.29 is 0 Å². The molecule has 1 unspecified atom stereocenters. The fraction of sp³-hybridized carbons (Fsp3) is 0.278. The minimum absolute atomic E-state index is 0.185. The molecule has 3 heteroatoms. The van der Waals surface area contributed by atoms with Gasteiger partial charge in [0, 0.05) is 5.69 Å². The lowest BCUT2D eigenvalue weighted by atomic mass is 10.00. The molecule has 0 aromatic heterocycles. The van der Waals surface area contributed by atoms with Crippen molar-refractivity contribution in [1.29, 1.82) is 0 Å². The summed E-state index contributed by atoms with van der Waals surface area (Å²) >= 11 is 0. The fourth-order valence-corrected chi connectivity index (χ4v) is 3.08. The van der Waals surface area contributed by atoms with Gasteiger partial charge < -0.3 is 10.6 Å². The first-order chi connectivity index (χ1) is 10.1. The van der Waals surface area contributed by atoms with Crippen molar-refractivity contribution >= 4 is 11.6 Å². The average Bonchev–Trinajstić information content (AvgIpc) is 2.80. The van der Waals surface area contributed by atoms with Crippen LogP contribution in [0.4, 0.5) is 5.69 Å². The van der Waals surface area contributed by atoms with Gasteiger partial charge in [0.15, 0.2) is 5.96 Å². The summed E-state index contributed by atoms with van der Waals surface area (Å²) in [6.07, 6.45) is 0. The molecule has 3 nitrogen and oxygen atoms in total. The number of guanidine groups is 1. The second kappa shape index (κ2) is 5.24. The quantitative estimate of drug-likeness (QED) is 0.914. The Balaban J connectivity index is 2.05. The zero-order chi connectivity index (χ0) is 15.0. The van der Waals surface area contributed by atoms with E-state index in [0.717, 1.165) is 5.69 Å². The molecular formula is C18H21N3. The Morgan fingerprint density at radius 1 is 1.05 bits per heavy atom. The summed E-state index contributed by atoms with van der Waals surface area (Å²) in [6.45, 7) is 7.09. The molecule has 1 atom stereocenters. The highest BCUT2D eigenvalue weighted by atomic mass is 15.3. The zero-order valence-corrected chi connectivity index (χ0v) is 12.8. The lowest BCUT2D eigenvalue weighted by Gasteiger charge is -2.28. The Morgan fingerprint density at radius 2 is 1.71 bits per heavy atom. The highest BCUT2D eigenvalue weighted by Crippen LogP contribution is 2.33. The van der Waals surface area contributed by atoms with Crippen molar-refractivity contribution in [1.82, 2.24) is 0 Å². The first-order valence-electron chi connectivity index (χ1n) is 7.29. The summed E-state index contributed by atoms with van der Waals surface area (Å²) in [6, 6.07) is 15.2. The van der Waals surface area contributed by atoms with E-state index < -0.39 is 0 Å². The number of aryl methyl sites for hydroxylation is 3. The first kappa shape index (κ1) is 13.7. The van der Waals surface area contributed by atoms with Gasteiger partial charge in [-0.1, -0.05) is 47.5 Å². The van der Waals surface area contributed by atoms with Crippen LogP contribution in [0.25, 0.3) is 0 Å². The van der Waals surface area contributed by atoms with Crippen molar-refractivity contribution in [3.63, 3.8) is 0 Å². The van der Waals surface area contributed by atoms with Crippen LogP contribution in [0.2, 0.25) is 0 Å². The van der Waals surface area contributed by atoms with Gasteiger partial charge in [0.25, 0.3) is 0 Å². The summed E-state index contributed by atoms with van der Waals surface area (Å²) in [4.78, 5) is 6.63. The van der Waals surface area contributed by atoms with E-state index in [1.165, 1.54) is 22.3 Å². The average molecular weight is 279 g/mol. The van der Waals surface area contributed by atoms with Crippen LogP contribution in [-0.4, -0.2) is 12.5 Å². The van der Waals surface area contributed by atoms with Crippen molar-refractivity contribution in [2.45, 2.75) is 26.8 Å². The molecule has 1 heterocycles. The third-order valence-corrected chi connectivity index (χ3v) is 3.99. The Hall–Kier alpha value is -2.29. The van der Waals surface area contributed by atoms with E-state index in [0.29, 0.717) is 12.5 Å². The first-order valence-corrected chi connectivity index (χ1v) is 7.29. The molecule has 1 aliphatic rings. The lowest BCUT2D eigenvalue weighted by molar-refractivity contribution is 0.765. The third kappa shape index (κ3) is 2.51. The molecule has 21 heavy (non-hydrogen) atoms. The van der Waals surface area contributed by atoms with E-state index in [1.807, 2.05) is 12.1 Å². The molecule has 0 radical (unpaired) electrons. The lowest BCUT2D eigenvalue weighted by Crippen LogP contribution is -2.36. The number of anilines is 1. The maximum atomic E-state index is 6.16. The second-order valence-corrected chi connectivity index (χ2v) is 5.79. The van der Waals surface area contributed by atoms with Crippen LogP contribution in [0, 0.1) is 20.8 Å². The van der Waals surface area contributed by atoms with Crippen molar-refractivity contribution in [3.8, 4) is 0 Å². The molecule has 0 fully saturated rings. The maximum absolute atomic E-state index is 6.16. The molecule has 0 aliphatic carbocycles. The summed E-state index contributed by atoms with van der Waals surface area (Å²) in [7, 11) is 0. The second-order valence-electron chi connectivity index (χ2n) is 5.79. The number of para-hydroxylation sites is 1. The maximum Gasteiger partial charge on any atom is 0.196 e. The predicted octanol–water partition coefficient (Wildman–Crippen LogP) is 3.49. The largest absolute Gasteiger partial charge is 0.369 e. The monoisotopic (exact) mass is 279 g/mol. The van der Waals surface area contributed by atoms with Crippen molar-refractivity contribution in [2.75, 3.05) is 11.4 Å². The standard InChI is InChI=1S/C18H21N3/c1-12-8-13(2)10-15(9-12)17-11-20-18(19)21(17)16-7-5-4-6-14(16)3/h4-10,17H,11H2,1-3H3,(H2,19,20). The number of nitrogens with zero attached hydrogens (tertiary/aromatic N) is 2. The molecule has 0 saturated heterocycles. The fourth-order valence-electron chi connectivity index (χ4n) is 3.08. The van der Waals surface area contributed by atoms with Gasteiger partial charge >= 0.3 is 0 Å². The van der Waals surface area contributed by atoms with Gasteiger partial charge in [0.1, 0.15) is 0 Å². The van der Waals surface area contributed by atoms with Crippen LogP contribution in [-0.2, 0) is 0 Å². The summed E-state index contributed by atoms with van der Waals surface area (Å²) in [5.74, 6) is 0.605. The minimum atomic E-state index is 0.185. The molecule has 0 saturated carbocycles. The van der Waals surface area contributed by atoms with Gasteiger partial charge in [-0.15, -0.1) is 0 Å². The Morgan fingerprint density at radius 3 is 2.38 bits per heavy atom. The van der Waals surface area contributed by atoms with Crippen LogP contribution in [0.1, 0.15) is 28.3 Å². The smallest absolute Gasteiger partial charge is 0.196 e. The third-order valence-electron chi connectivity index (χ3n) is 3.99. The molecule has 0 bridgehead atoms. The summed E-state index contributed by atoms with van der Waals surface area (Å²) < 4.78 is 0. The van der Waals surface area contributed by atoms with E-state index >= 15 is 0 Å². The number of hydrogen-bond acceptors (Lipinski definition) is 3. The summed E-state index contributed by atoms with van der Waals surface area (Å²) in [5, 5.41) is 0. The molecule has 0 spiro atoms. The number of benzene rings is 2. The Labute approximate surface area is 126 Å². The van der Waals surface area contributed by atoms with Gasteiger partial charge in [-0.3, -0.25) is 4.99 Å². The van der Waals surface area contributed by atoms with Gasteiger partial charge in [0.2, 0.25) is 0 Å². The Kier molecular flexibility index (Phi) is 3.42. The number of nitrogens with two attached hydrogens (primary N) is 1. The molecule has 2 aromatic rings. The van der Waals surface area contributed by atoms with Crippen LogP contribution in [0.3, 0.4) is 0 Å². The van der Waals surface area contributed by atoms with Crippen LogP contribution in [0.5, 0.6) is 0 Å². The number of aliphatic imine (C=N–C) groups is 1. The molecule has 2 aromatic carbocycles. The van der Waals surface area contributed by atoms with Crippen LogP contribution >= 0.6 is 0 Å². The topological polar surface area (TPSA) is 41.6 Å². The summed E-state index contributed by atoms with van der Waals surface area (Å²) in [5.41, 5.74) is 12.3. The molecule has 3 rings (SSSR count). The zero-order valence-electron chi connectivity index (χ0n) is 12.8. The molecule has 108 valence electrons. The molecule has 0 amide bonds. The van der Waals surface area contributed by atoms with Gasteiger partial charge in [-0.25, -0.2) is 0 Å². The van der Waals surface area contributed by atoms with Crippen LogP contribution < -0.4 is 10.6 Å². The normalized spacial score (nSPS) is 18.0. The molecule has 2 N–H and O–H groups in total. The highest BCUT2D eigenvalue weighted by Gasteiger charge is 2.29. The van der Waals surface area contributed by atoms with Gasteiger partial charge in [-0.05, 0) is 38.0 Å². The predicted molar refractivity (Wildman–Crippen MR) is 88.8 cm³/mol. The van der Waals surface area contributed by atoms with Gasteiger partial charge in [0.05, 0.1) is 12.6 Å². The minimum Gasteiger partial charge on any atom is -0.369 e. The SMILES string of the molecule is Cc1cc(C)cc(C2CN=C(N)N2c2ccccc2C)c1. The van der Waals surface area contributed by atoms with Gasteiger partial charge in [-0.2, -0.15) is 0 Å². The number of rotatable bonds is 2. The van der Waals surface area contributed by atoms with Crippen molar-refractivity contribution in [2.24, 2.45) is 10.7 Å². The highest BCUT2D eigenvalue weighted by molar-refractivity contribution is 5.98. The van der Waals surface area contributed by atoms with E-state index in [-0.39, 0.29) is 6.04 Å². The Bertz CT molecular complexity index is 683. The van der Waals surface area contributed by atoms with E-state index in [9.17, 15) is 0 Å². The molecule has 1 aliphatic heterocycles. The number of hydrogen-bond donors (Lipinski definition) is 1. The van der Waals surface area contributed by atoms with Crippen molar-refractivity contribution in [3.05, 3.63) is 64.7 Å².